The molecular weight excluding hydrogens is 370 g/mol. The van der Waals surface area contributed by atoms with Crippen molar-refractivity contribution >= 4 is 29.9 Å². The summed E-state index contributed by atoms with van der Waals surface area (Å²) in [6.07, 6.45) is 1.77. The summed E-state index contributed by atoms with van der Waals surface area (Å²) in [6.45, 7) is 3.60. The molecule has 3 rings (SSSR count). The largest absolute Gasteiger partial charge is 0.465 e. The Kier molecular flexibility index (Phi) is 6.42. The van der Waals surface area contributed by atoms with Gasteiger partial charge in [-0.3, -0.25) is 4.79 Å². The zero-order chi connectivity index (χ0) is 19.9. The normalized spacial score (nSPS) is 17.8. The fraction of sp³-hybridized carbons (Fsp3) is 0.562. The molecule has 2 amide bonds. The molecule has 2 aliphatic heterocycles. The number of anilines is 2. The number of hydrogen-bond donors (Lipinski definition) is 2. The van der Waals surface area contributed by atoms with Crippen molar-refractivity contribution in [2.45, 2.75) is 0 Å². The van der Waals surface area contributed by atoms with E-state index < -0.39 is 6.09 Å². The minimum Gasteiger partial charge on any atom is -0.465 e. The second-order valence-electron chi connectivity index (χ2n) is 6.25. The number of oxime groups is 1. The smallest absolute Gasteiger partial charge is 0.407 e. The molecule has 12 heteroatoms. The van der Waals surface area contributed by atoms with Gasteiger partial charge in [-0.05, 0) is 0 Å². The number of carboxylic acid groups (broad SMARTS) is 1. The molecule has 3 N–H and O–H groups in total. The first-order chi connectivity index (χ1) is 13.6. The molecule has 3 heterocycles. The SMILES string of the molecule is Nc1ncnc(N2CCN(C(=O)O)CC2)c1C=NOCC(=O)N1CCOCC1. The van der Waals surface area contributed by atoms with E-state index in [1.165, 1.54) is 17.4 Å². The topological polar surface area (TPSA) is 147 Å². The van der Waals surface area contributed by atoms with Gasteiger partial charge in [0.2, 0.25) is 0 Å². The van der Waals surface area contributed by atoms with Crippen molar-refractivity contribution in [3.05, 3.63) is 11.9 Å². The van der Waals surface area contributed by atoms with E-state index in [-0.39, 0.29) is 18.3 Å². The van der Waals surface area contributed by atoms with Gasteiger partial charge in [0.25, 0.3) is 5.91 Å². The van der Waals surface area contributed by atoms with Gasteiger partial charge < -0.3 is 35.1 Å². The molecule has 0 aliphatic carbocycles. The molecule has 2 aliphatic rings. The van der Waals surface area contributed by atoms with Crippen LogP contribution in [0.4, 0.5) is 16.4 Å². The Bertz CT molecular complexity index is 730. The number of nitrogens with zero attached hydrogens (tertiary/aromatic N) is 6. The Morgan fingerprint density at radius 1 is 1.18 bits per heavy atom. The first kappa shape index (κ1) is 19.6. The van der Waals surface area contributed by atoms with Crippen LogP contribution in [0.25, 0.3) is 0 Å². The molecular formula is C16H23N7O5. The fourth-order valence-corrected chi connectivity index (χ4v) is 2.97. The summed E-state index contributed by atoms with van der Waals surface area (Å²) in [4.78, 5) is 41.3. The summed E-state index contributed by atoms with van der Waals surface area (Å²) >= 11 is 0. The highest BCUT2D eigenvalue weighted by Crippen LogP contribution is 2.21. The zero-order valence-corrected chi connectivity index (χ0v) is 15.4. The Hall–Kier alpha value is -3.15. The lowest BCUT2D eigenvalue weighted by Gasteiger charge is -2.34. The third kappa shape index (κ3) is 4.76. The molecule has 12 nitrogen and oxygen atoms in total. The maximum Gasteiger partial charge on any atom is 0.407 e. The number of rotatable bonds is 5. The summed E-state index contributed by atoms with van der Waals surface area (Å²) in [5.41, 5.74) is 6.41. The molecule has 2 saturated heterocycles. The number of amides is 2. The van der Waals surface area contributed by atoms with Crippen LogP contribution in [-0.2, 0) is 14.4 Å². The van der Waals surface area contributed by atoms with Crippen LogP contribution < -0.4 is 10.6 Å². The summed E-state index contributed by atoms with van der Waals surface area (Å²) in [5, 5.41) is 12.9. The molecule has 0 saturated carbocycles. The Morgan fingerprint density at radius 2 is 1.89 bits per heavy atom. The lowest BCUT2D eigenvalue weighted by Crippen LogP contribution is -2.48. The second kappa shape index (κ2) is 9.17. The van der Waals surface area contributed by atoms with Crippen molar-refractivity contribution in [2.75, 3.05) is 69.7 Å². The van der Waals surface area contributed by atoms with Crippen LogP contribution in [0.5, 0.6) is 0 Å². The van der Waals surface area contributed by atoms with E-state index in [0.29, 0.717) is 63.9 Å². The third-order valence-corrected chi connectivity index (χ3v) is 4.55. The van der Waals surface area contributed by atoms with Gasteiger partial charge in [0.15, 0.2) is 6.61 Å². The molecule has 0 spiro atoms. The van der Waals surface area contributed by atoms with Gasteiger partial charge >= 0.3 is 6.09 Å². The van der Waals surface area contributed by atoms with Gasteiger partial charge in [-0.25, -0.2) is 14.8 Å². The van der Waals surface area contributed by atoms with Gasteiger partial charge in [0.1, 0.15) is 18.0 Å². The molecule has 0 aromatic carbocycles. The van der Waals surface area contributed by atoms with E-state index in [1.54, 1.807) is 4.90 Å². The van der Waals surface area contributed by atoms with E-state index in [4.69, 9.17) is 20.4 Å². The molecule has 0 unspecified atom stereocenters. The highest BCUT2D eigenvalue weighted by molar-refractivity contribution is 5.91. The summed E-state index contributed by atoms with van der Waals surface area (Å²) in [7, 11) is 0. The molecule has 1 aromatic rings. The van der Waals surface area contributed by atoms with Crippen LogP contribution in [0.15, 0.2) is 11.5 Å². The molecule has 152 valence electrons. The minimum absolute atomic E-state index is 0.164. The molecule has 0 atom stereocenters. The van der Waals surface area contributed by atoms with Crippen molar-refractivity contribution < 1.29 is 24.3 Å². The number of nitrogen functional groups attached to an aromatic ring is 1. The van der Waals surface area contributed by atoms with Crippen molar-refractivity contribution in [3.8, 4) is 0 Å². The first-order valence-electron chi connectivity index (χ1n) is 8.90. The van der Waals surface area contributed by atoms with Crippen molar-refractivity contribution in [1.82, 2.24) is 19.8 Å². The second-order valence-corrected chi connectivity index (χ2v) is 6.25. The number of morpholine rings is 1. The summed E-state index contributed by atoms with van der Waals surface area (Å²) in [6, 6.07) is 0. The van der Waals surface area contributed by atoms with Crippen LogP contribution >= 0.6 is 0 Å². The number of aromatic nitrogens is 2. The van der Waals surface area contributed by atoms with Crippen LogP contribution in [-0.4, -0.2) is 102 Å². The fourth-order valence-electron chi connectivity index (χ4n) is 2.97. The summed E-state index contributed by atoms with van der Waals surface area (Å²) in [5.74, 6) is 0.602. The Labute approximate surface area is 161 Å². The molecule has 2 fully saturated rings. The van der Waals surface area contributed by atoms with Gasteiger partial charge in [0.05, 0.1) is 25.0 Å². The first-order valence-corrected chi connectivity index (χ1v) is 8.90. The molecule has 1 aromatic heterocycles. The number of piperazine rings is 1. The maximum atomic E-state index is 12.0. The number of ether oxygens (including phenoxy) is 1. The third-order valence-electron chi connectivity index (χ3n) is 4.55. The number of carbonyl (C=O) groups excluding carboxylic acids is 1. The highest BCUT2D eigenvalue weighted by atomic mass is 16.6. The van der Waals surface area contributed by atoms with E-state index in [9.17, 15) is 9.59 Å². The van der Waals surface area contributed by atoms with Crippen molar-refractivity contribution in [1.29, 1.82) is 0 Å². The highest BCUT2D eigenvalue weighted by Gasteiger charge is 2.23. The van der Waals surface area contributed by atoms with Crippen LogP contribution in [0, 0.1) is 0 Å². The van der Waals surface area contributed by atoms with Crippen molar-refractivity contribution in [2.24, 2.45) is 5.16 Å². The zero-order valence-electron chi connectivity index (χ0n) is 15.4. The molecule has 0 radical (unpaired) electrons. The van der Waals surface area contributed by atoms with Gasteiger partial charge in [-0.15, -0.1) is 0 Å². The predicted molar refractivity (Wildman–Crippen MR) is 99.2 cm³/mol. The van der Waals surface area contributed by atoms with E-state index in [2.05, 4.69) is 15.1 Å². The lowest BCUT2D eigenvalue weighted by molar-refractivity contribution is -0.140. The van der Waals surface area contributed by atoms with Gasteiger partial charge in [0, 0.05) is 39.3 Å². The average Bonchev–Trinajstić information content (AvgIpc) is 2.72. The minimum atomic E-state index is -0.943. The number of hydrogen-bond acceptors (Lipinski definition) is 9. The molecule has 28 heavy (non-hydrogen) atoms. The van der Waals surface area contributed by atoms with Crippen molar-refractivity contribution in [3.63, 3.8) is 0 Å². The van der Waals surface area contributed by atoms with Gasteiger partial charge in [-0.2, -0.15) is 0 Å². The van der Waals surface area contributed by atoms with Crippen LogP contribution in [0.2, 0.25) is 0 Å². The quantitative estimate of drug-likeness (QED) is 0.478. The number of nitrogens with two attached hydrogens (primary N) is 1. The monoisotopic (exact) mass is 393 g/mol. The standard InChI is InChI=1S/C16H23N7O5/c17-14-12(9-20-28-10-13(24)21-5-7-27-8-6-21)15(19-11-18-14)22-1-3-23(4-2-22)16(25)26/h9,11H,1-8,10H2,(H,25,26)(H2,17,18,19). The van der Waals surface area contributed by atoms with Crippen LogP contribution in [0.1, 0.15) is 5.56 Å². The lowest BCUT2D eigenvalue weighted by atomic mass is 10.2. The maximum absolute atomic E-state index is 12.0. The van der Waals surface area contributed by atoms with Crippen LogP contribution in [0.3, 0.4) is 0 Å². The average molecular weight is 393 g/mol. The van der Waals surface area contributed by atoms with E-state index in [0.717, 1.165) is 0 Å². The predicted octanol–water partition coefficient (Wildman–Crippen LogP) is -0.932. The van der Waals surface area contributed by atoms with E-state index >= 15 is 0 Å². The Balaban J connectivity index is 1.60. The number of carbonyl (C=O) groups is 2. The van der Waals surface area contributed by atoms with E-state index in [1.807, 2.05) is 4.90 Å². The Morgan fingerprint density at radius 3 is 2.57 bits per heavy atom. The van der Waals surface area contributed by atoms with Gasteiger partial charge in [-0.1, -0.05) is 5.16 Å². The molecule has 0 bridgehead atoms. The summed E-state index contributed by atoms with van der Waals surface area (Å²) < 4.78 is 5.20.